The normalized spacial score (nSPS) is 17.7. The standard InChI is InChI=1S/C54H34N4S/c1-3-19-35-33(15-1)17-11-23-39(35)51-55-52(40-24-12-18-34-16-2-4-20-36(34)40)57-53(56-51)41-25-14-29-45-50(41)59-48-32-10-7-27-43(48)54(45)42-26-6-9-31-47(42)58-46-30-8-5-21-37(46)38-22-13-28-44(54)49(38)58/h1-32,51H,(H,55,56,57). The van der Waals surface area contributed by atoms with Crippen LogP contribution in [0.1, 0.15) is 45.1 Å². The minimum absolute atomic E-state index is 0.461. The Hall–Kier alpha value is -7.21. The van der Waals surface area contributed by atoms with Crippen molar-refractivity contribution >= 4 is 66.8 Å². The average Bonchev–Trinajstić information content (AvgIpc) is 3.65. The lowest BCUT2D eigenvalue weighted by atomic mass is 9.62. The maximum Gasteiger partial charge on any atom is 0.170 e. The third-order valence-electron chi connectivity index (χ3n) is 12.7. The van der Waals surface area contributed by atoms with Gasteiger partial charge in [-0.15, -0.1) is 0 Å². The molecule has 3 aliphatic rings. The van der Waals surface area contributed by atoms with Crippen molar-refractivity contribution < 1.29 is 0 Å². The van der Waals surface area contributed by atoms with Crippen LogP contribution in [0.25, 0.3) is 49.0 Å². The molecule has 0 radical (unpaired) electrons. The van der Waals surface area contributed by atoms with Gasteiger partial charge in [0.05, 0.1) is 22.1 Å². The van der Waals surface area contributed by atoms with Crippen molar-refractivity contribution in [1.29, 1.82) is 0 Å². The molecule has 5 heteroatoms. The number of rotatable bonds is 3. The van der Waals surface area contributed by atoms with E-state index in [1.165, 1.54) is 70.3 Å². The molecule has 59 heavy (non-hydrogen) atoms. The highest BCUT2D eigenvalue weighted by Crippen LogP contribution is 2.61. The van der Waals surface area contributed by atoms with Crippen LogP contribution in [0.5, 0.6) is 0 Å². The summed E-state index contributed by atoms with van der Waals surface area (Å²) in [5, 5.41) is 11.0. The predicted molar refractivity (Wildman–Crippen MR) is 244 cm³/mol. The van der Waals surface area contributed by atoms with E-state index in [4.69, 9.17) is 9.98 Å². The first-order valence-electron chi connectivity index (χ1n) is 20.2. The number of hydrogen-bond acceptors (Lipinski definition) is 4. The summed E-state index contributed by atoms with van der Waals surface area (Å²) in [7, 11) is 0. The number of nitrogens with one attached hydrogen (secondary N) is 1. The van der Waals surface area contributed by atoms with E-state index in [9.17, 15) is 0 Å². The molecular formula is C54H34N4S. The first-order valence-corrected chi connectivity index (χ1v) is 21.0. The molecule has 0 aliphatic carbocycles. The van der Waals surface area contributed by atoms with E-state index >= 15 is 0 Å². The minimum atomic E-state index is -0.593. The van der Waals surface area contributed by atoms with Gasteiger partial charge in [0.25, 0.3) is 0 Å². The Labute approximate surface area is 345 Å². The molecule has 13 rings (SSSR count). The number of nitrogens with zero attached hydrogens (tertiary/aromatic N) is 3. The molecule has 0 amide bonds. The molecule has 1 N–H and O–H groups in total. The topological polar surface area (TPSA) is 41.7 Å². The molecule has 4 heterocycles. The van der Waals surface area contributed by atoms with Gasteiger partial charge in [0, 0.05) is 37.3 Å². The van der Waals surface area contributed by atoms with E-state index < -0.39 is 11.6 Å². The van der Waals surface area contributed by atoms with Crippen molar-refractivity contribution in [1.82, 2.24) is 9.88 Å². The zero-order chi connectivity index (χ0) is 38.7. The predicted octanol–water partition coefficient (Wildman–Crippen LogP) is 12.7. The Morgan fingerprint density at radius 1 is 0.458 bits per heavy atom. The highest BCUT2D eigenvalue weighted by Gasteiger charge is 2.50. The van der Waals surface area contributed by atoms with E-state index in [1.54, 1.807) is 0 Å². The summed E-state index contributed by atoms with van der Waals surface area (Å²) in [6.45, 7) is 0. The van der Waals surface area contributed by atoms with Crippen LogP contribution in [-0.4, -0.2) is 16.2 Å². The minimum Gasteiger partial charge on any atom is -0.324 e. The van der Waals surface area contributed by atoms with Crippen molar-refractivity contribution in [2.45, 2.75) is 21.4 Å². The van der Waals surface area contributed by atoms with E-state index in [1.807, 2.05) is 11.8 Å². The van der Waals surface area contributed by atoms with Gasteiger partial charge in [0.2, 0.25) is 0 Å². The average molecular weight is 771 g/mol. The monoisotopic (exact) mass is 770 g/mol. The van der Waals surface area contributed by atoms with Crippen molar-refractivity contribution in [2.24, 2.45) is 9.98 Å². The van der Waals surface area contributed by atoms with Crippen molar-refractivity contribution in [2.75, 3.05) is 0 Å². The summed E-state index contributed by atoms with van der Waals surface area (Å²) >= 11 is 1.85. The Kier molecular flexibility index (Phi) is 6.90. The summed E-state index contributed by atoms with van der Waals surface area (Å²) in [6, 6.07) is 70.8. The molecule has 1 spiro atoms. The van der Waals surface area contributed by atoms with E-state index in [-0.39, 0.29) is 0 Å². The SMILES string of the molecule is c1ccc2c(c1)Sc1c(C3=NC(c4cccc5ccccc45)N=C(c4cccc5ccccc45)N3)cccc1C21c2ccccc2-n2c3ccccc3c3cccc1c32. The summed E-state index contributed by atoms with van der Waals surface area (Å²) in [5.74, 6) is 1.63. The number of para-hydroxylation sites is 3. The number of aromatic nitrogens is 1. The van der Waals surface area contributed by atoms with Gasteiger partial charge in [-0.2, -0.15) is 0 Å². The highest BCUT2D eigenvalue weighted by molar-refractivity contribution is 7.99. The summed E-state index contributed by atoms with van der Waals surface area (Å²) in [6.07, 6.45) is -0.461. The Bertz CT molecular complexity index is 3470. The van der Waals surface area contributed by atoms with Gasteiger partial charge < -0.3 is 9.88 Å². The number of fused-ring (bicyclic) bond motifs is 13. The fraction of sp³-hybridized carbons (Fsp3) is 0.0370. The zero-order valence-electron chi connectivity index (χ0n) is 31.8. The number of aliphatic imine (C=N–C) groups is 2. The molecule has 0 fully saturated rings. The fourth-order valence-corrected chi connectivity index (χ4v) is 11.6. The van der Waals surface area contributed by atoms with Crippen LogP contribution in [0.3, 0.4) is 0 Å². The quantitative estimate of drug-likeness (QED) is 0.194. The van der Waals surface area contributed by atoms with Crippen LogP contribution in [0.4, 0.5) is 0 Å². The van der Waals surface area contributed by atoms with Crippen LogP contribution in [0.15, 0.2) is 214 Å². The van der Waals surface area contributed by atoms with E-state index in [0.717, 1.165) is 39.1 Å². The molecule has 3 aliphatic heterocycles. The van der Waals surface area contributed by atoms with Crippen molar-refractivity contribution in [3.63, 3.8) is 0 Å². The number of amidine groups is 2. The lowest BCUT2D eigenvalue weighted by Gasteiger charge is -2.45. The van der Waals surface area contributed by atoms with E-state index in [0.29, 0.717) is 0 Å². The molecular weight excluding hydrogens is 737 g/mol. The number of hydrogen-bond donors (Lipinski definition) is 1. The van der Waals surface area contributed by atoms with Crippen LogP contribution < -0.4 is 5.32 Å². The molecule has 2 atom stereocenters. The van der Waals surface area contributed by atoms with E-state index in [2.05, 4.69) is 204 Å². The van der Waals surface area contributed by atoms with Crippen LogP contribution in [0.2, 0.25) is 0 Å². The third kappa shape index (κ3) is 4.51. The largest absolute Gasteiger partial charge is 0.324 e. The van der Waals surface area contributed by atoms with Crippen LogP contribution in [0, 0.1) is 0 Å². The van der Waals surface area contributed by atoms with Gasteiger partial charge in [0.1, 0.15) is 11.7 Å². The summed E-state index contributed by atoms with van der Waals surface area (Å²) < 4.78 is 2.50. The number of benzene rings is 9. The van der Waals surface area contributed by atoms with Crippen molar-refractivity contribution in [3.05, 3.63) is 233 Å². The first kappa shape index (κ1) is 32.8. The Balaban J connectivity index is 1.10. The third-order valence-corrected chi connectivity index (χ3v) is 13.9. The molecule has 9 aromatic carbocycles. The van der Waals surface area contributed by atoms with Gasteiger partial charge in [-0.1, -0.05) is 188 Å². The summed E-state index contributed by atoms with van der Waals surface area (Å²) in [4.78, 5) is 13.5. The fourth-order valence-electron chi connectivity index (χ4n) is 10.3. The second-order valence-corrected chi connectivity index (χ2v) is 16.7. The Morgan fingerprint density at radius 3 is 1.92 bits per heavy atom. The van der Waals surface area contributed by atoms with Crippen molar-refractivity contribution in [3.8, 4) is 5.69 Å². The maximum atomic E-state index is 5.57. The second kappa shape index (κ2) is 12.4. The van der Waals surface area contributed by atoms with Crippen LogP contribution >= 0.6 is 11.8 Å². The maximum absolute atomic E-state index is 5.57. The van der Waals surface area contributed by atoms with Gasteiger partial charge in [-0.25, -0.2) is 9.98 Å². The zero-order valence-corrected chi connectivity index (χ0v) is 32.6. The molecule has 10 aromatic rings. The molecule has 2 unspecified atom stereocenters. The van der Waals surface area contributed by atoms with Crippen LogP contribution in [-0.2, 0) is 5.41 Å². The van der Waals surface area contributed by atoms with Gasteiger partial charge >= 0.3 is 0 Å². The van der Waals surface area contributed by atoms with Gasteiger partial charge in [-0.3, -0.25) is 0 Å². The lowest BCUT2D eigenvalue weighted by Crippen LogP contribution is -2.40. The van der Waals surface area contributed by atoms with Gasteiger partial charge in [0.15, 0.2) is 6.17 Å². The molecule has 0 bridgehead atoms. The smallest absolute Gasteiger partial charge is 0.170 e. The second-order valence-electron chi connectivity index (χ2n) is 15.7. The lowest BCUT2D eigenvalue weighted by molar-refractivity contribution is 0.688. The molecule has 4 nitrogen and oxygen atoms in total. The summed E-state index contributed by atoms with van der Waals surface area (Å²) in [5.41, 5.74) is 11.4. The molecule has 0 saturated carbocycles. The highest BCUT2D eigenvalue weighted by atomic mass is 32.2. The molecule has 276 valence electrons. The molecule has 1 aromatic heterocycles. The Morgan fingerprint density at radius 2 is 1.03 bits per heavy atom. The first-order chi connectivity index (χ1) is 29.3. The van der Waals surface area contributed by atoms with Gasteiger partial charge in [-0.05, 0) is 62.0 Å². The molecule has 0 saturated heterocycles.